The lowest BCUT2D eigenvalue weighted by Gasteiger charge is -2.29. The summed E-state index contributed by atoms with van der Waals surface area (Å²) in [6, 6.07) is 58.9. The first-order chi connectivity index (χ1) is 23.3. The molecule has 2 nitrogen and oxygen atoms in total. The zero-order chi connectivity index (χ0) is 30.9. The molecular formula is C44H27NOS. The van der Waals surface area contributed by atoms with Crippen molar-refractivity contribution in [3.63, 3.8) is 0 Å². The smallest absolute Gasteiger partial charge is 0.160 e. The fourth-order valence-corrected chi connectivity index (χ4v) is 8.53. The van der Waals surface area contributed by atoms with Crippen LogP contribution in [0.15, 0.2) is 168 Å². The summed E-state index contributed by atoms with van der Waals surface area (Å²) >= 11 is 1.85. The number of fused-ring (bicyclic) bond motifs is 9. The first kappa shape index (κ1) is 26.3. The first-order valence-corrected chi connectivity index (χ1v) is 16.8. The monoisotopic (exact) mass is 617 g/mol. The maximum Gasteiger partial charge on any atom is 0.160 e. The van der Waals surface area contributed by atoms with Gasteiger partial charge in [-0.3, -0.25) is 0 Å². The maximum atomic E-state index is 6.91. The van der Waals surface area contributed by atoms with E-state index in [1.807, 2.05) is 11.3 Å². The molecule has 0 spiro atoms. The van der Waals surface area contributed by atoms with Gasteiger partial charge in [-0.2, -0.15) is 0 Å². The second-order valence-corrected chi connectivity index (χ2v) is 13.1. The van der Waals surface area contributed by atoms with Gasteiger partial charge in [0.1, 0.15) is 5.58 Å². The van der Waals surface area contributed by atoms with Crippen molar-refractivity contribution in [2.24, 2.45) is 0 Å². The largest absolute Gasteiger partial charge is 0.454 e. The van der Waals surface area contributed by atoms with E-state index in [0.717, 1.165) is 44.6 Å². The molecule has 0 amide bonds. The van der Waals surface area contributed by atoms with Crippen LogP contribution in [0.3, 0.4) is 0 Å². The van der Waals surface area contributed by atoms with Crippen LogP contribution in [0.1, 0.15) is 0 Å². The van der Waals surface area contributed by atoms with Crippen LogP contribution in [-0.4, -0.2) is 0 Å². The number of hydrogen-bond donors (Lipinski definition) is 0. The molecule has 0 bridgehead atoms. The first-order valence-electron chi connectivity index (χ1n) is 15.9. The minimum atomic E-state index is 0.876. The average Bonchev–Trinajstić information content (AvgIpc) is 3.72. The lowest BCUT2D eigenvalue weighted by atomic mass is 9.96. The molecule has 0 radical (unpaired) electrons. The predicted molar refractivity (Wildman–Crippen MR) is 202 cm³/mol. The van der Waals surface area contributed by atoms with Crippen molar-refractivity contribution in [2.75, 3.05) is 4.90 Å². The Kier molecular flexibility index (Phi) is 5.78. The van der Waals surface area contributed by atoms with Crippen LogP contribution in [0.4, 0.5) is 17.1 Å². The Morgan fingerprint density at radius 2 is 1.11 bits per heavy atom. The molecule has 0 aliphatic carbocycles. The van der Waals surface area contributed by atoms with E-state index in [2.05, 4.69) is 169 Å². The van der Waals surface area contributed by atoms with Gasteiger partial charge in [-0.25, -0.2) is 0 Å². The molecule has 10 rings (SSSR count). The second kappa shape index (κ2) is 10.3. The summed E-state index contributed by atoms with van der Waals surface area (Å²) in [5.74, 6) is 0. The van der Waals surface area contributed by atoms with Gasteiger partial charge < -0.3 is 9.32 Å². The molecule has 0 aliphatic heterocycles. The summed E-state index contributed by atoms with van der Waals surface area (Å²) in [7, 11) is 0. The van der Waals surface area contributed by atoms with Gasteiger partial charge in [0.15, 0.2) is 5.58 Å². The van der Waals surface area contributed by atoms with Gasteiger partial charge in [-0.1, -0.05) is 127 Å². The van der Waals surface area contributed by atoms with E-state index >= 15 is 0 Å². The van der Waals surface area contributed by atoms with Crippen LogP contribution in [0.5, 0.6) is 0 Å². The fraction of sp³-hybridized carbons (Fsp3) is 0. The fourth-order valence-electron chi connectivity index (χ4n) is 7.40. The summed E-state index contributed by atoms with van der Waals surface area (Å²) < 4.78 is 9.46. The van der Waals surface area contributed by atoms with E-state index in [0.29, 0.717) is 0 Å². The zero-order valence-electron chi connectivity index (χ0n) is 25.4. The predicted octanol–water partition coefficient (Wildman–Crippen LogP) is 13.4. The second-order valence-electron chi connectivity index (χ2n) is 12.0. The third-order valence-electron chi connectivity index (χ3n) is 9.44. The molecule has 3 heteroatoms. The molecule has 10 aromatic rings. The number of para-hydroxylation sites is 1. The Morgan fingerprint density at radius 1 is 0.426 bits per heavy atom. The molecule has 2 heterocycles. The molecule has 2 aromatic heterocycles. The molecule has 0 saturated carbocycles. The quantitative estimate of drug-likeness (QED) is 0.183. The molecule has 0 N–H and O–H groups in total. The topological polar surface area (TPSA) is 16.4 Å². The average molecular weight is 618 g/mol. The highest BCUT2D eigenvalue weighted by Crippen LogP contribution is 2.51. The summed E-state index contributed by atoms with van der Waals surface area (Å²) in [4.78, 5) is 2.45. The minimum Gasteiger partial charge on any atom is -0.454 e. The third kappa shape index (κ3) is 3.97. The third-order valence-corrected chi connectivity index (χ3v) is 10.6. The Bertz CT molecular complexity index is 2810. The molecule has 0 unspecified atom stereocenters. The Morgan fingerprint density at radius 3 is 1.98 bits per heavy atom. The van der Waals surface area contributed by atoms with Gasteiger partial charge in [-0.15, -0.1) is 11.3 Å². The summed E-state index contributed by atoms with van der Waals surface area (Å²) in [6.45, 7) is 0. The van der Waals surface area contributed by atoms with E-state index in [1.165, 1.54) is 47.3 Å². The van der Waals surface area contributed by atoms with Crippen LogP contribution in [0, 0.1) is 0 Å². The Hall–Kier alpha value is -5.90. The molecule has 0 atom stereocenters. The van der Waals surface area contributed by atoms with Gasteiger partial charge in [0.2, 0.25) is 0 Å². The van der Waals surface area contributed by atoms with Crippen molar-refractivity contribution in [3.8, 4) is 11.1 Å². The highest BCUT2D eigenvalue weighted by Gasteiger charge is 2.26. The lowest BCUT2D eigenvalue weighted by Crippen LogP contribution is -2.11. The number of thiophene rings is 1. The van der Waals surface area contributed by atoms with Gasteiger partial charge in [-0.05, 0) is 63.7 Å². The van der Waals surface area contributed by atoms with E-state index in [1.54, 1.807) is 0 Å². The number of furan rings is 1. The van der Waals surface area contributed by atoms with E-state index in [-0.39, 0.29) is 0 Å². The van der Waals surface area contributed by atoms with Crippen molar-refractivity contribution >= 4 is 92.1 Å². The number of benzene rings is 8. The molecule has 8 aromatic carbocycles. The van der Waals surface area contributed by atoms with Crippen LogP contribution in [0.2, 0.25) is 0 Å². The standard InChI is InChI=1S/C44H27NOS/c1-2-13-28(14-3-1)31-25-26-37(44-42(31)34-19-8-10-22-39(34)46-44)45(36-21-12-24-41-43(36)35-20-9-11-23-40(35)47-41)38-27-29-15-4-5-16-30(29)32-17-6-7-18-33(32)38/h1-27H. The zero-order valence-corrected chi connectivity index (χ0v) is 26.2. The number of rotatable bonds is 4. The summed E-state index contributed by atoms with van der Waals surface area (Å²) in [5.41, 5.74) is 7.36. The summed E-state index contributed by atoms with van der Waals surface area (Å²) in [6.07, 6.45) is 0. The van der Waals surface area contributed by atoms with E-state index in [4.69, 9.17) is 4.42 Å². The van der Waals surface area contributed by atoms with Crippen molar-refractivity contribution in [1.29, 1.82) is 0 Å². The van der Waals surface area contributed by atoms with Gasteiger partial charge >= 0.3 is 0 Å². The van der Waals surface area contributed by atoms with Gasteiger partial charge in [0.05, 0.1) is 17.1 Å². The molecule has 0 saturated heterocycles. The van der Waals surface area contributed by atoms with Crippen LogP contribution in [-0.2, 0) is 0 Å². The van der Waals surface area contributed by atoms with Crippen molar-refractivity contribution < 1.29 is 4.42 Å². The highest BCUT2D eigenvalue weighted by molar-refractivity contribution is 7.26. The molecule has 47 heavy (non-hydrogen) atoms. The Labute approximate surface area is 275 Å². The van der Waals surface area contributed by atoms with Crippen LogP contribution < -0.4 is 4.90 Å². The molecular weight excluding hydrogens is 591 g/mol. The molecule has 0 fully saturated rings. The molecule has 220 valence electrons. The maximum absolute atomic E-state index is 6.91. The van der Waals surface area contributed by atoms with Crippen LogP contribution >= 0.6 is 11.3 Å². The summed E-state index contributed by atoms with van der Waals surface area (Å²) in [5, 5.41) is 9.64. The number of anilines is 3. The van der Waals surface area contributed by atoms with Crippen molar-refractivity contribution in [2.45, 2.75) is 0 Å². The lowest BCUT2D eigenvalue weighted by molar-refractivity contribution is 0.669. The Balaban J connectivity index is 1.39. The van der Waals surface area contributed by atoms with Gasteiger partial charge in [0.25, 0.3) is 0 Å². The van der Waals surface area contributed by atoms with E-state index < -0.39 is 0 Å². The number of nitrogens with zero attached hydrogens (tertiary/aromatic N) is 1. The van der Waals surface area contributed by atoms with Crippen LogP contribution in [0.25, 0.3) is 74.8 Å². The number of hydrogen-bond acceptors (Lipinski definition) is 3. The SMILES string of the molecule is c1ccc(-c2ccc(N(c3cc4ccccc4c4ccccc34)c3cccc4sc5ccccc5c34)c3oc4ccccc4c23)cc1. The van der Waals surface area contributed by atoms with Crippen molar-refractivity contribution in [3.05, 3.63) is 164 Å². The molecule has 0 aliphatic rings. The normalized spacial score (nSPS) is 11.8. The minimum absolute atomic E-state index is 0.876. The van der Waals surface area contributed by atoms with Crippen molar-refractivity contribution in [1.82, 2.24) is 0 Å². The highest BCUT2D eigenvalue weighted by atomic mass is 32.1. The van der Waals surface area contributed by atoms with E-state index in [9.17, 15) is 0 Å². The van der Waals surface area contributed by atoms with Gasteiger partial charge in [0, 0.05) is 36.3 Å².